The van der Waals surface area contributed by atoms with Crippen LogP contribution in [0.1, 0.15) is 0 Å². The number of aromatic nitrogens is 2. The lowest BCUT2D eigenvalue weighted by molar-refractivity contribution is 0.601. The molecule has 0 fully saturated rings. The van der Waals surface area contributed by atoms with E-state index in [1.807, 2.05) is 0 Å². The number of hydrogen-bond acceptors (Lipinski definition) is 6. The number of hydrogen-bond donors (Lipinski definition) is 3. The van der Waals surface area contributed by atoms with Crippen molar-refractivity contribution in [3.63, 3.8) is 0 Å². The highest BCUT2D eigenvalue weighted by Crippen LogP contribution is 2.15. The Labute approximate surface area is 104 Å². The van der Waals surface area contributed by atoms with Gasteiger partial charge in [-0.25, -0.2) is 13.4 Å². The number of sulfonamides is 1. The third kappa shape index (κ3) is 2.66. The normalized spacial score (nSPS) is 11.1. The number of nitrogens with two attached hydrogens (primary N) is 2. The van der Waals surface area contributed by atoms with Gasteiger partial charge in [0.2, 0.25) is 5.95 Å². The van der Waals surface area contributed by atoms with Crippen molar-refractivity contribution in [1.29, 1.82) is 0 Å². The first kappa shape index (κ1) is 12.1. The van der Waals surface area contributed by atoms with Crippen LogP contribution in [-0.2, 0) is 10.0 Å². The molecule has 1 aromatic heterocycles. The molecule has 8 heteroatoms. The molecule has 94 valence electrons. The standard InChI is InChI=1S/C10H11N5O2S/c11-7-1-3-8(4-2-7)18(16,17)15-9-5-6-13-10(12)14-9/h1-6H,11H2,(H3,12,13,14,15). The summed E-state index contributed by atoms with van der Waals surface area (Å²) in [4.78, 5) is 7.51. The molecule has 1 heterocycles. The van der Waals surface area contributed by atoms with Crippen molar-refractivity contribution in [1.82, 2.24) is 9.97 Å². The van der Waals surface area contributed by atoms with Crippen LogP contribution in [0.5, 0.6) is 0 Å². The van der Waals surface area contributed by atoms with Gasteiger partial charge in [-0.1, -0.05) is 0 Å². The van der Waals surface area contributed by atoms with Crippen molar-refractivity contribution in [2.24, 2.45) is 0 Å². The summed E-state index contributed by atoms with van der Waals surface area (Å²) < 4.78 is 26.2. The van der Waals surface area contributed by atoms with E-state index in [0.717, 1.165) is 0 Å². The van der Waals surface area contributed by atoms with Gasteiger partial charge >= 0.3 is 0 Å². The monoisotopic (exact) mass is 265 g/mol. The number of benzene rings is 1. The maximum atomic E-state index is 12.0. The van der Waals surface area contributed by atoms with Crippen molar-refractivity contribution in [2.45, 2.75) is 4.90 Å². The Morgan fingerprint density at radius 2 is 1.72 bits per heavy atom. The average Bonchev–Trinajstić information content (AvgIpc) is 2.29. The zero-order chi connectivity index (χ0) is 13.2. The fourth-order valence-electron chi connectivity index (χ4n) is 1.27. The molecule has 0 spiro atoms. The Morgan fingerprint density at radius 1 is 1.06 bits per heavy atom. The second-order valence-electron chi connectivity index (χ2n) is 3.47. The van der Waals surface area contributed by atoms with Crippen LogP contribution in [0.15, 0.2) is 41.4 Å². The highest BCUT2D eigenvalue weighted by atomic mass is 32.2. The molecule has 0 saturated carbocycles. The largest absolute Gasteiger partial charge is 0.399 e. The minimum absolute atomic E-state index is 0.00694. The SMILES string of the molecule is Nc1ccc(S(=O)(=O)Nc2ccnc(N)n2)cc1. The first-order chi connectivity index (χ1) is 8.47. The van der Waals surface area contributed by atoms with Crippen molar-refractivity contribution in [3.8, 4) is 0 Å². The van der Waals surface area contributed by atoms with Crippen LogP contribution in [0, 0.1) is 0 Å². The zero-order valence-electron chi connectivity index (χ0n) is 9.24. The van der Waals surface area contributed by atoms with Gasteiger partial charge in [-0.2, -0.15) is 4.98 Å². The number of anilines is 3. The fraction of sp³-hybridized carbons (Fsp3) is 0. The van der Waals surface area contributed by atoms with E-state index in [-0.39, 0.29) is 16.7 Å². The molecule has 0 atom stereocenters. The highest BCUT2D eigenvalue weighted by molar-refractivity contribution is 7.92. The van der Waals surface area contributed by atoms with Gasteiger partial charge in [0.15, 0.2) is 0 Å². The van der Waals surface area contributed by atoms with Gasteiger partial charge < -0.3 is 11.5 Å². The Bertz CT molecular complexity index is 654. The molecule has 0 bridgehead atoms. The third-order valence-corrected chi connectivity index (χ3v) is 3.47. The van der Waals surface area contributed by atoms with E-state index in [2.05, 4.69) is 14.7 Å². The topological polar surface area (TPSA) is 124 Å². The predicted octanol–water partition coefficient (Wildman–Crippen LogP) is 0.442. The molecule has 0 radical (unpaired) electrons. The van der Waals surface area contributed by atoms with Gasteiger partial charge in [-0.15, -0.1) is 0 Å². The maximum Gasteiger partial charge on any atom is 0.263 e. The molecule has 0 aliphatic rings. The molecule has 0 unspecified atom stereocenters. The lowest BCUT2D eigenvalue weighted by atomic mass is 10.3. The molecule has 7 nitrogen and oxygen atoms in total. The van der Waals surface area contributed by atoms with Crippen molar-refractivity contribution < 1.29 is 8.42 Å². The Hall–Kier alpha value is -2.35. The third-order valence-electron chi connectivity index (χ3n) is 2.10. The van der Waals surface area contributed by atoms with E-state index in [0.29, 0.717) is 5.69 Å². The van der Waals surface area contributed by atoms with Crippen LogP contribution in [0.3, 0.4) is 0 Å². The quantitative estimate of drug-likeness (QED) is 0.692. The average molecular weight is 265 g/mol. The van der Waals surface area contributed by atoms with Gasteiger partial charge in [0, 0.05) is 11.9 Å². The smallest absolute Gasteiger partial charge is 0.263 e. The van der Waals surface area contributed by atoms with E-state index >= 15 is 0 Å². The zero-order valence-corrected chi connectivity index (χ0v) is 10.1. The van der Waals surface area contributed by atoms with Crippen molar-refractivity contribution >= 4 is 27.5 Å². The number of nitrogens with one attached hydrogen (secondary N) is 1. The van der Waals surface area contributed by atoms with E-state index in [1.54, 1.807) is 0 Å². The molecule has 1 aromatic carbocycles. The summed E-state index contributed by atoms with van der Waals surface area (Å²) >= 11 is 0. The number of nitrogen functional groups attached to an aromatic ring is 2. The first-order valence-corrected chi connectivity index (χ1v) is 6.42. The summed E-state index contributed by atoms with van der Waals surface area (Å²) in [5.41, 5.74) is 11.3. The first-order valence-electron chi connectivity index (χ1n) is 4.94. The van der Waals surface area contributed by atoms with Crippen molar-refractivity contribution in [2.75, 3.05) is 16.2 Å². The molecule has 0 amide bonds. The molecule has 2 aromatic rings. The summed E-state index contributed by atoms with van der Waals surface area (Å²) in [6.07, 6.45) is 1.36. The Kier molecular flexibility index (Phi) is 3.02. The summed E-state index contributed by atoms with van der Waals surface area (Å²) in [7, 11) is -3.70. The molecular formula is C10H11N5O2S. The van der Waals surface area contributed by atoms with Crippen LogP contribution in [-0.4, -0.2) is 18.4 Å². The van der Waals surface area contributed by atoms with Crippen LogP contribution in [0.25, 0.3) is 0 Å². The Morgan fingerprint density at radius 3 is 2.33 bits per heavy atom. The second-order valence-corrected chi connectivity index (χ2v) is 5.16. The van der Waals surface area contributed by atoms with E-state index in [4.69, 9.17) is 11.5 Å². The van der Waals surface area contributed by atoms with Crippen LogP contribution < -0.4 is 16.2 Å². The van der Waals surface area contributed by atoms with Crippen LogP contribution in [0.2, 0.25) is 0 Å². The van der Waals surface area contributed by atoms with Gasteiger partial charge in [0.25, 0.3) is 10.0 Å². The molecule has 5 N–H and O–H groups in total. The minimum atomic E-state index is -3.70. The van der Waals surface area contributed by atoms with Gasteiger partial charge in [-0.05, 0) is 30.3 Å². The Balaban J connectivity index is 2.30. The summed E-state index contributed by atoms with van der Waals surface area (Å²) in [5.74, 6) is 0.104. The molecule has 2 rings (SSSR count). The van der Waals surface area contributed by atoms with E-state index in [1.165, 1.54) is 36.5 Å². The number of rotatable bonds is 3. The van der Waals surface area contributed by atoms with E-state index < -0.39 is 10.0 Å². The summed E-state index contributed by atoms with van der Waals surface area (Å²) in [5, 5.41) is 0. The molecule has 0 saturated heterocycles. The van der Waals surface area contributed by atoms with E-state index in [9.17, 15) is 8.42 Å². The lowest BCUT2D eigenvalue weighted by Gasteiger charge is -2.07. The lowest BCUT2D eigenvalue weighted by Crippen LogP contribution is -2.14. The van der Waals surface area contributed by atoms with Gasteiger partial charge in [0.1, 0.15) is 5.82 Å². The number of nitrogens with zero attached hydrogens (tertiary/aromatic N) is 2. The van der Waals surface area contributed by atoms with Gasteiger partial charge in [-0.3, -0.25) is 4.72 Å². The maximum absolute atomic E-state index is 12.0. The summed E-state index contributed by atoms with van der Waals surface area (Å²) in [6.45, 7) is 0. The molecule has 0 aliphatic heterocycles. The van der Waals surface area contributed by atoms with Crippen molar-refractivity contribution in [3.05, 3.63) is 36.5 Å². The summed E-state index contributed by atoms with van der Waals surface area (Å²) in [6, 6.07) is 7.22. The van der Waals surface area contributed by atoms with Crippen LogP contribution >= 0.6 is 0 Å². The highest BCUT2D eigenvalue weighted by Gasteiger charge is 2.14. The second kappa shape index (κ2) is 4.49. The molecular weight excluding hydrogens is 254 g/mol. The minimum Gasteiger partial charge on any atom is -0.399 e. The predicted molar refractivity (Wildman–Crippen MR) is 68.1 cm³/mol. The fourth-order valence-corrected chi connectivity index (χ4v) is 2.28. The van der Waals surface area contributed by atoms with Crippen LogP contribution in [0.4, 0.5) is 17.5 Å². The molecule has 0 aliphatic carbocycles. The van der Waals surface area contributed by atoms with Gasteiger partial charge in [0.05, 0.1) is 4.90 Å². The molecule has 18 heavy (non-hydrogen) atoms.